The van der Waals surface area contributed by atoms with E-state index in [1.807, 2.05) is 6.07 Å². The monoisotopic (exact) mass is 328 g/mol. The van der Waals surface area contributed by atoms with Crippen molar-refractivity contribution >= 4 is 21.9 Å². The first kappa shape index (κ1) is 14.5. The Morgan fingerprint density at radius 3 is 2.79 bits per heavy atom. The SMILES string of the molecule is COC(=O)c1ccc(COC2CCOCC2)c(Br)c1. The number of carbonyl (C=O) groups is 1. The molecule has 4 nitrogen and oxygen atoms in total. The van der Waals surface area contributed by atoms with Gasteiger partial charge in [0.1, 0.15) is 0 Å². The third-order valence-electron chi connectivity index (χ3n) is 3.12. The number of esters is 1. The van der Waals surface area contributed by atoms with E-state index < -0.39 is 0 Å². The van der Waals surface area contributed by atoms with Gasteiger partial charge in [-0.05, 0) is 30.5 Å². The van der Waals surface area contributed by atoms with Crippen molar-refractivity contribution < 1.29 is 19.0 Å². The van der Waals surface area contributed by atoms with Crippen molar-refractivity contribution in [3.8, 4) is 0 Å². The molecule has 0 radical (unpaired) electrons. The molecular weight excluding hydrogens is 312 g/mol. The van der Waals surface area contributed by atoms with Gasteiger partial charge in [0, 0.05) is 17.7 Å². The van der Waals surface area contributed by atoms with Crippen LogP contribution in [-0.4, -0.2) is 32.4 Å². The first-order valence-electron chi connectivity index (χ1n) is 6.27. The molecule has 0 bridgehead atoms. The first-order chi connectivity index (χ1) is 9.20. The van der Waals surface area contributed by atoms with Gasteiger partial charge >= 0.3 is 5.97 Å². The number of benzene rings is 1. The van der Waals surface area contributed by atoms with E-state index >= 15 is 0 Å². The Morgan fingerprint density at radius 2 is 2.16 bits per heavy atom. The van der Waals surface area contributed by atoms with Crippen LogP contribution in [0.15, 0.2) is 22.7 Å². The highest BCUT2D eigenvalue weighted by molar-refractivity contribution is 9.10. The van der Waals surface area contributed by atoms with Crippen LogP contribution in [0.1, 0.15) is 28.8 Å². The Labute approximate surface area is 121 Å². The van der Waals surface area contributed by atoms with Gasteiger partial charge in [-0.25, -0.2) is 4.79 Å². The van der Waals surface area contributed by atoms with Crippen LogP contribution < -0.4 is 0 Å². The third-order valence-corrected chi connectivity index (χ3v) is 3.86. The number of hydrogen-bond donors (Lipinski definition) is 0. The molecule has 5 heteroatoms. The lowest BCUT2D eigenvalue weighted by molar-refractivity contribution is -0.0392. The van der Waals surface area contributed by atoms with Gasteiger partial charge < -0.3 is 14.2 Å². The first-order valence-corrected chi connectivity index (χ1v) is 7.06. The van der Waals surface area contributed by atoms with Crippen molar-refractivity contribution in [1.29, 1.82) is 0 Å². The number of ether oxygens (including phenoxy) is 3. The van der Waals surface area contributed by atoms with Crippen LogP contribution in [0.25, 0.3) is 0 Å². The van der Waals surface area contributed by atoms with E-state index in [-0.39, 0.29) is 12.1 Å². The van der Waals surface area contributed by atoms with E-state index in [1.54, 1.807) is 12.1 Å². The summed E-state index contributed by atoms with van der Waals surface area (Å²) >= 11 is 3.46. The summed E-state index contributed by atoms with van der Waals surface area (Å²) < 4.78 is 16.7. The lowest BCUT2D eigenvalue weighted by Crippen LogP contribution is -2.23. The summed E-state index contributed by atoms with van der Waals surface area (Å²) in [6, 6.07) is 5.39. The number of halogens is 1. The zero-order valence-corrected chi connectivity index (χ0v) is 12.4. The van der Waals surface area contributed by atoms with Crippen LogP contribution in [-0.2, 0) is 20.8 Å². The van der Waals surface area contributed by atoms with Crippen molar-refractivity contribution in [2.24, 2.45) is 0 Å². The third kappa shape index (κ3) is 4.03. The van der Waals surface area contributed by atoms with Gasteiger partial charge in [-0.3, -0.25) is 0 Å². The second-order valence-corrected chi connectivity index (χ2v) is 5.27. The Bertz CT molecular complexity index is 441. The molecule has 1 aromatic rings. The molecule has 0 N–H and O–H groups in total. The second kappa shape index (κ2) is 7.03. The summed E-state index contributed by atoms with van der Waals surface area (Å²) in [6.07, 6.45) is 2.15. The Hall–Kier alpha value is -0.910. The minimum atomic E-state index is -0.336. The predicted octanol–water partition coefficient (Wildman–Crippen LogP) is 2.93. The molecule has 1 aliphatic rings. The Morgan fingerprint density at radius 1 is 1.42 bits per heavy atom. The van der Waals surface area contributed by atoms with E-state index in [0.717, 1.165) is 36.1 Å². The van der Waals surface area contributed by atoms with Crippen molar-refractivity contribution in [1.82, 2.24) is 0 Å². The maximum atomic E-state index is 11.4. The summed E-state index contributed by atoms with van der Waals surface area (Å²) in [5, 5.41) is 0. The molecule has 0 saturated carbocycles. The molecule has 0 spiro atoms. The van der Waals surface area contributed by atoms with Gasteiger partial charge in [-0.15, -0.1) is 0 Å². The van der Waals surface area contributed by atoms with Crippen molar-refractivity contribution in [2.45, 2.75) is 25.6 Å². The maximum absolute atomic E-state index is 11.4. The highest BCUT2D eigenvalue weighted by Gasteiger charge is 2.15. The van der Waals surface area contributed by atoms with Gasteiger partial charge in [0.2, 0.25) is 0 Å². The summed E-state index contributed by atoms with van der Waals surface area (Å²) in [5.74, 6) is -0.336. The van der Waals surface area contributed by atoms with Gasteiger partial charge in [0.15, 0.2) is 0 Å². The second-order valence-electron chi connectivity index (χ2n) is 4.42. The van der Waals surface area contributed by atoms with Gasteiger partial charge in [0.05, 0.1) is 25.4 Å². The molecule has 0 amide bonds. The summed E-state index contributed by atoms with van der Waals surface area (Å²) in [7, 11) is 1.37. The molecule has 1 fully saturated rings. The summed E-state index contributed by atoms with van der Waals surface area (Å²) in [6.45, 7) is 2.08. The minimum Gasteiger partial charge on any atom is -0.465 e. The standard InChI is InChI=1S/C14H17BrO4/c1-17-14(16)10-2-3-11(13(15)8-10)9-19-12-4-6-18-7-5-12/h2-3,8,12H,4-7,9H2,1H3. The molecule has 1 aliphatic heterocycles. The van der Waals surface area contributed by atoms with E-state index in [0.29, 0.717) is 12.2 Å². The highest BCUT2D eigenvalue weighted by atomic mass is 79.9. The van der Waals surface area contributed by atoms with Gasteiger partial charge in [-0.2, -0.15) is 0 Å². The van der Waals surface area contributed by atoms with Crippen LogP contribution in [0.4, 0.5) is 0 Å². The molecule has 0 atom stereocenters. The Kier molecular flexibility index (Phi) is 5.36. The number of methoxy groups -OCH3 is 1. The topological polar surface area (TPSA) is 44.8 Å². The van der Waals surface area contributed by atoms with Crippen LogP contribution in [0.3, 0.4) is 0 Å². The largest absolute Gasteiger partial charge is 0.465 e. The minimum absolute atomic E-state index is 0.265. The Balaban J connectivity index is 1.95. The lowest BCUT2D eigenvalue weighted by Gasteiger charge is -2.22. The fourth-order valence-electron chi connectivity index (χ4n) is 1.96. The van der Waals surface area contributed by atoms with Gasteiger partial charge in [-0.1, -0.05) is 22.0 Å². The number of hydrogen-bond acceptors (Lipinski definition) is 4. The molecule has 1 saturated heterocycles. The zero-order valence-electron chi connectivity index (χ0n) is 10.9. The predicted molar refractivity (Wildman–Crippen MR) is 74.1 cm³/mol. The molecule has 2 rings (SSSR count). The zero-order chi connectivity index (χ0) is 13.7. The van der Waals surface area contributed by atoms with Crippen molar-refractivity contribution in [3.05, 3.63) is 33.8 Å². The molecule has 0 aliphatic carbocycles. The molecule has 104 valence electrons. The summed E-state index contributed by atoms with van der Waals surface area (Å²) in [5.41, 5.74) is 1.56. The van der Waals surface area contributed by atoms with E-state index in [9.17, 15) is 4.79 Å². The molecule has 19 heavy (non-hydrogen) atoms. The van der Waals surface area contributed by atoms with Crippen molar-refractivity contribution in [3.63, 3.8) is 0 Å². The van der Waals surface area contributed by atoms with E-state index in [4.69, 9.17) is 9.47 Å². The quantitative estimate of drug-likeness (QED) is 0.797. The number of rotatable bonds is 4. The van der Waals surface area contributed by atoms with Gasteiger partial charge in [0.25, 0.3) is 0 Å². The number of carbonyl (C=O) groups excluding carboxylic acids is 1. The fourth-order valence-corrected chi connectivity index (χ4v) is 2.45. The smallest absolute Gasteiger partial charge is 0.337 e. The normalized spacial score (nSPS) is 16.3. The molecule has 1 heterocycles. The van der Waals surface area contributed by atoms with Crippen molar-refractivity contribution in [2.75, 3.05) is 20.3 Å². The average Bonchev–Trinajstić information content (AvgIpc) is 2.46. The summed E-state index contributed by atoms with van der Waals surface area (Å²) in [4.78, 5) is 11.4. The molecule has 0 unspecified atom stereocenters. The van der Waals surface area contributed by atoms with Crippen LogP contribution in [0, 0.1) is 0 Å². The highest BCUT2D eigenvalue weighted by Crippen LogP contribution is 2.22. The molecule has 1 aromatic carbocycles. The molecular formula is C14H17BrO4. The maximum Gasteiger partial charge on any atom is 0.337 e. The van der Waals surface area contributed by atoms with Crippen LogP contribution in [0.2, 0.25) is 0 Å². The average molecular weight is 329 g/mol. The van der Waals surface area contributed by atoms with Crippen LogP contribution in [0.5, 0.6) is 0 Å². The lowest BCUT2D eigenvalue weighted by atomic mass is 10.1. The van der Waals surface area contributed by atoms with E-state index in [2.05, 4.69) is 20.7 Å². The molecule has 0 aromatic heterocycles. The van der Waals surface area contributed by atoms with E-state index in [1.165, 1.54) is 7.11 Å². The van der Waals surface area contributed by atoms with Crippen LogP contribution >= 0.6 is 15.9 Å². The fraction of sp³-hybridized carbons (Fsp3) is 0.500.